The van der Waals surface area contributed by atoms with Crippen molar-refractivity contribution in [3.8, 4) is 0 Å². The summed E-state index contributed by atoms with van der Waals surface area (Å²) in [5, 5.41) is 8.07. The highest BCUT2D eigenvalue weighted by molar-refractivity contribution is 6.99. The molecule has 2 heterocycles. The molecule has 10 rings (SSSR count). The fourth-order valence-corrected chi connectivity index (χ4v) is 9.63. The normalized spacial score (nSPS) is 13.4. The van der Waals surface area contributed by atoms with Crippen molar-refractivity contribution in [3.05, 3.63) is 179 Å². The first kappa shape index (κ1) is 29.3. The van der Waals surface area contributed by atoms with E-state index in [-0.39, 0.29) is 13.4 Å². The van der Waals surface area contributed by atoms with Crippen molar-refractivity contribution in [2.75, 3.05) is 0 Å². The van der Waals surface area contributed by atoms with E-state index in [1.807, 2.05) is 0 Å². The highest BCUT2D eigenvalue weighted by Crippen LogP contribution is 2.36. The van der Waals surface area contributed by atoms with Crippen LogP contribution in [-0.4, -0.2) is 13.4 Å². The van der Waals surface area contributed by atoms with Gasteiger partial charge in [-0.3, -0.25) is 0 Å². The molecule has 0 saturated heterocycles. The zero-order valence-electron chi connectivity index (χ0n) is 29.0. The van der Waals surface area contributed by atoms with Gasteiger partial charge in [0, 0.05) is 0 Å². The summed E-state index contributed by atoms with van der Waals surface area (Å²) in [5.74, 6) is 0. The lowest BCUT2D eigenvalue weighted by Crippen LogP contribution is -2.57. The molecule has 0 unspecified atom stereocenters. The first-order valence-electron chi connectivity index (χ1n) is 17.9. The molecular weight excluding hydrogens is 598 g/mol. The van der Waals surface area contributed by atoms with Gasteiger partial charge >= 0.3 is 0 Å². The van der Waals surface area contributed by atoms with Gasteiger partial charge < -0.3 is 0 Å². The third kappa shape index (κ3) is 4.03. The lowest BCUT2D eigenvalue weighted by atomic mass is 9.32. The average Bonchev–Trinajstić information content (AvgIpc) is 3.14. The van der Waals surface area contributed by atoms with Crippen LogP contribution >= 0.6 is 0 Å². The molecule has 0 spiro atoms. The van der Waals surface area contributed by atoms with E-state index in [0.29, 0.717) is 0 Å². The molecule has 234 valence electrons. The topological polar surface area (TPSA) is 0 Å². The monoisotopic (exact) mass is 634 g/mol. The van der Waals surface area contributed by atoms with Gasteiger partial charge in [0.05, 0.1) is 0 Å². The summed E-state index contributed by atoms with van der Waals surface area (Å²) in [6, 6.07) is 55.4. The van der Waals surface area contributed by atoms with E-state index < -0.39 is 0 Å². The van der Waals surface area contributed by atoms with Crippen LogP contribution in [-0.2, 0) is 0 Å². The molecule has 0 saturated carbocycles. The van der Waals surface area contributed by atoms with Crippen LogP contribution in [0.25, 0.3) is 43.5 Å². The predicted octanol–water partition coefficient (Wildman–Crippen LogP) is 7.93. The quantitative estimate of drug-likeness (QED) is 0.134. The molecule has 50 heavy (non-hydrogen) atoms. The second-order valence-electron chi connectivity index (χ2n) is 14.7. The van der Waals surface area contributed by atoms with Gasteiger partial charge in [-0.05, 0) is 93.4 Å². The molecule has 0 fully saturated rings. The average molecular weight is 634 g/mol. The Morgan fingerprint density at radius 2 is 0.620 bits per heavy atom. The van der Waals surface area contributed by atoms with E-state index in [1.165, 1.54) is 110 Å². The number of rotatable bonds is 2. The minimum atomic E-state index is 0.147. The summed E-state index contributed by atoms with van der Waals surface area (Å²) in [7, 11) is 0. The standard InChI is InChI=1S/C48H36B2/c1-29(2)45-33-13-5-9-17-39(33)49(40-18-10-6-14-34(40)45)43-27-23-31-21-22-32-24-28-44(38-26-25-37(43)47(31)48(32)38)50-41-19-11-7-15-35(41)46(30(3)4)36-16-8-12-20-42(36)50/h5-28H,1-4H3. The zero-order chi connectivity index (χ0) is 33.7. The summed E-state index contributed by atoms with van der Waals surface area (Å²) in [6.45, 7) is 9.30. The number of hydrogen-bond acceptors (Lipinski definition) is 0. The Kier molecular flexibility index (Phi) is 6.43. The van der Waals surface area contributed by atoms with Gasteiger partial charge in [0.15, 0.2) is 0 Å². The molecule has 0 aliphatic carbocycles. The molecule has 0 atom stereocenters. The van der Waals surface area contributed by atoms with Crippen molar-refractivity contribution in [1.82, 2.24) is 0 Å². The lowest BCUT2D eigenvalue weighted by Gasteiger charge is -2.31. The molecule has 0 aromatic heterocycles. The van der Waals surface area contributed by atoms with Gasteiger partial charge in [-0.25, -0.2) is 0 Å². The number of benzene rings is 8. The molecule has 8 aromatic carbocycles. The van der Waals surface area contributed by atoms with E-state index in [0.717, 1.165) is 0 Å². The van der Waals surface area contributed by atoms with Crippen molar-refractivity contribution in [1.29, 1.82) is 0 Å². The second kappa shape index (κ2) is 11.0. The van der Waals surface area contributed by atoms with Gasteiger partial charge in [-0.2, -0.15) is 0 Å². The van der Waals surface area contributed by atoms with Gasteiger partial charge in [0.25, 0.3) is 0 Å². The number of fused-ring (bicyclic) bond motifs is 4. The van der Waals surface area contributed by atoms with Gasteiger partial charge in [0.2, 0.25) is 13.4 Å². The molecule has 0 bridgehead atoms. The summed E-state index contributed by atoms with van der Waals surface area (Å²) in [6.07, 6.45) is 0. The third-order valence-corrected chi connectivity index (χ3v) is 11.5. The highest BCUT2D eigenvalue weighted by atomic mass is 14.2. The van der Waals surface area contributed by atoms with Crippen LogP contribution in [0.3, 0.4) is 0 Å². The van der Waals surface area contributed by atoms with Crippen molar-refractivity contribution in [3.63, 3.8) is 0 Å². The fourth-order valence-electron chi connectivity index (χ4n) is 9.63. The van der Waals surface area contributed by atoms with Crippen LogP contribution in [0.2, 0.25) is 0 Å². The SMILES string of the molecule is CC(C)=C1c2ccccc2B(c2ccc3ccc4ccc(B5c6ccccc6C(=C(C)C)c6ccccc65)c5ccc2c3c45)c2ccccc21. The summed E-state index contributed by atoms with van der Waals surface area (Å²) in [4.78, 5) is 0. The van der Waals surface area contributed by atoms with Crippen LogP contribution in [0.15, 0.2) is 157 Å². The molecule has 0 nitrogen and oxygen atoms in total. The Labute approximate surface area is 295 Å². The Balaban J connectivity index is 1.26. The van der Waals surface area contributed by atoms with Crippen molar-refractivity contribution in [2.45, 2.75) is 27.7 Å². The van der Waals surface area contributed by atoms with E-state index in [1.54, 1.807) is 0 Å². The largest absolute Gasteiger partial charge is 0.243 e. The third-order valence-electron chi connectivity index (χ3n) is 11.5. The fraction of sp³-hybridized carbons (Fsp3) is 0.0833. The van der Waals surface area contributed by atoms with Crippen LogP contribution < -0.4 is 32.8 Å². The maximum absolute atomic E-state index is 2.44. The first-order chi connectivity index (χ1) is 24.5. The van der Waals surface area contributed by atoms with Crippen LogP contribution in [0.5, 0.6) is 0 Å². The van der Waals surface area contributed by atoms with Crippen molar-refractivity contribution < 1.29 is 0 Å². The lowest BCUT2D eigenvalue weighted by molar-refractivity contribution is 1.37. The number of hydrogen-bond donors (Lipinski definition) is 0. The smallest absolute Gasteiger partial charge is 0.0680 e. The van der Waals surface area contributed by atoms with Gasteiger partial charge in [-0.1, -0.05) is 190 Å². The Morgan fingerprint density at radius 3 is 0.940 bits per heavy atom. The molecular formula is C48H36B2. The van der Waals surface area contributed by atoms with E-state index in [9.17, 15) is 0 Å². The molecule has 0 N–H and O–H groups in total. The molecule has 8 aromatic rings. The minimum Gasteiger partial charge on any atom is -0.0680 e. The maximum atomic E-state index is 2.44. The Bertz CT molecular complexity index is 2460. The summed E-state index contributed by atoms with van der Waals surface area (Å²) in [5.41, 5.74) is 19.2. The highest BCUT2D eigenvalue weighted by Gasteiger charge is 2.36. The molecule has 2 aliphatic heterocycles. The molecule has 2 aliphatic rings. The second-order valence-corrected chi connectivity index (χ2v) is 14.7. The molecule has 0 amide bonds. The summed E-state index contributed by atoms with van der Waals surface area (Å²) >= 11 is 0. The molecule has 0 radical (unpaired) electrons. The zero-order valence-corrected chi connectivity index (χ0v) is 29.0. The van der Waals surface area contributed by atoms with Crippen LogP contribution in [0, 0.1) is 0 Å². The van der Waals surface area contributed by atoms with Crippen LogP contribution in [0.1, 0.15) is 49.9 Å². The van der Waals surface area contributed by atoms with Crippen molar-refractivity contribution >= 4 is 89.7 Å². The van der Waals surface area contributed by atoms with E-state index >= 15 is 0 Å². The maximum Gasteiger partial charge on any atom is 0.243 e. The minimum absolute atomic E-state index is 0.147. The van der Waals surface area contributed by atoms with E-state index in [4.69, 9.17) is 0 Å². The number of allylic oxidation sites excluding steroid dienone is 2. The predicted molar refractivity (Wildman–Crippen MR) is 220 cm³/mol. The van der Waals surface area contributed by atoms with Gasteiger partial charge in [-0.15, -0.1) is 0 Å². The van der Waals surface area contributed by atoms with Crippen molar-refractivity contribution in [2.24, 2.45) is 0 Å². The van der Waals surface area contributed by atoms with Gasteiger partial charge in [0.1, 0.15) is 0 Å². The summed E-state index contributed by atoms with van der Waals surface area (Å²) < 4.78 is 0. The Hall–Kier alpha value is -5.59. The Morgan fingerprint density at radius 1 is 0.320 bits per heavy atom. The van der Waals surface area contributed by atoms with E-state index in [2.05, 4.69) is 173 Å². The first-order valence-corrected chi connectivity index (χ1v) is 17.9. The van der Waals surface area contributed by atoms with Crippen LogP contribution in [0.4, 0.5) is 0 Å². The molecule has 2 heteroatoms.